The van der Waals surface area contributed by atoms with Crippen molar-refractivity contribution in [2.75, 3.05) is 6.61 Å². The summed E-state index contributed by atoms with van der Waals surface area (Å²) in [5.74, 6) is -0.926. The SMILES string of the molecule is CCOC(=O)[CH-]C(=O)c1ccccc1.[Na+]. The summed E-state index contributed by atoms with van der Waals surface area (Å²) in [6, 6.07) is 8.59. The van der Waals surface area contributed by atoms with E-state index in [1.807, 2.05) is 0 Å². The smallest absolute Gasteiger partial charge is 0.476 e. The molecule has 0 saturated heterocycles. The van der Waals surface area contributed by atoms with Gasteiger partial charge in [0.1, 0.15) is 0 Å². The topological polar surface area (TPSA) is 43.4 Å². The number of hydrogen-bond donors (Lipinski definition) is 0. The zero-order chi connectivity index (χ0) is 10.4. The summed E-state index contributed by atoms with van der Waals surface area (Å²) in [5.41, 5.74) is 0.487. The van der Waals surface area contributed by atoms with Crippen molar-refractivity contribution in [2.24, 2.45) is 0 Å². The van der Waals surface area contributed by atoms with Crippen molar-refractivity contribution in [3.05, 3.63) is 42.3 Å². The fraction of sp³-hybridized carbons (Fsp3) is 0.182. The first-order valence-corrected chi connectivity index (χ1v) is 4.35. The van der Waals surface area contributed by atoms with E-state index in [9.17, 15) is 9.59 Å². The van der Waals surface area contributed by atoms with Crippen LogP contribution in [0.4, 0.5) is 0 Å². The second-order valence-electron chi connectivity index (χ2n) is 2.63. The molecule has 0 unspecified atom stereocenters. The number of rotatable bonds is 4. The second kappa shape index (κ2) is 7.51. The van der Waals surface area contributed by atoms with Crippen molar-refractivity contribution in [1.82, 2.24) is 0 Å². The molecule has 1 rings (SSSR count). The number of ketones is 1. The van der Waals surface area contributed by atoms with E-state index in [2.05, 4.69) is 4.74 Å². The number of carbonyl (C=O) groups excluding carboxylic acids is 2. The minimum Gasteiger partial charge on any atom is -0.476 e. The minimum atomic E-state index is -0.596. The number of benzene rings is 1. The van der Waals surface area contributed by atoms with Crippen LogP contribution in [-0.4, -0.2) is 18.4 Å². The van der Waals surface area contributed by atoms with Crippen LogP contribution in [0.25, 0.3) is 0 Å². The first-order chi connectivity index (χ1) is 6.74. The van der Waals surface area contributed by atoms with E-state index >= 15 is 0 Å². The van der Waals surface area contributed by atoms with Gasteiger partial charge in [-0.15, -0.1) is 17.7 Å². The van der Waals surface area contributed by atoms with Crippen LogP contribution in [0.15, 0.2) is 30.3 Å². The molecular weight excluding hydrogens is 203 g/mol. The third-order valence-corrected chi connectivity index (χ3v) is 1.59. The average molecular weight is 214 g/mol. The minimum absolute atomic E-state index is 0. The fourth-order valence-corrected chi connectivity index (χ4v) is 0.977. The first-order valence-electron chi connectivity index (χ1n) is 4.35. The van der Waals surface area contributed by atoms with E-state index in [0.29, 0.717) is 5.56 Å². The molecule has 0 aliphatic rings. The summed E-state index contributed by atoms with van der Waals surface area (Å²) in [6.45, 7) is 1.97. The molecule has 0 saturated carbocycles. The maximum atomic E-state index is 11.4. The monoisotopic (exact) mass is 214 g/mol. The quantitative estimate of drug-likeness (QED) is 0.204. The van der Waals surface area contributed by atoms with Crippen molar-refractivity contribution in [3.8, 4) is 0 Å². The van der Waals surface area contributed by atoms with Crippen LogP contribution in [0.5, 0.6) is 0 Å². The Balaban J connectivity index is 0.00000196. The molecular formula is C11H11NaO3. The van der Waals surface area contributed by atoms with E-state index in [-0.39, 0.29) is 41.9 Å². The van der Waals surface area contributed by atoms with Crippen LogP contribution in [0.2, 0.25) is 0 Å². The molecule has 1 aromatic carbocycles. The normalized spacial score (nSPS) is 8.60. The molecule has 0 radical (unpaired) electrons. The molecule has 3 nitrogen and oxygen atoms in total. The van der Waals surface area contributed by atoms with Crippen LogP contribution >= 0.6 is 0 Å². The summed E-state index contributed by atoms with van der Waals surface area (Å²) in [5, 5.41) is 0. The van der Waals surface area contributed by atoms with Gasteiger partial charge in [0.15, 0.2) is 0 Å². The van der Waals surface area contributed by atoms with Gasteiger partial charge in [-0.1, -0.05) is 24.6 Å². The number of ether oxygens (including phenoxy) is 1. The van der Waals surface area contributed by atoms with Gasteiger partial charge >= 0.3 is 29.6 Å². The predicted molar refractivity (Wildman–Crippen MR) is 51.7 cm³/mol. The molecule has 0 spiro atoms. The van der Waals surface area contributed by atoms with Gasteiger partial charge in [0.2, 0.25) is 0 Å². The molecule has 0 heterocycles. The Morgan fingerprint density at radius 1 is 1.27 bits per heavy atom. The first kappa shape index (κ1) is 14.2. The van der Waals surface area contributed by atoms with Crippen LogP contribution in [0.3, 0.4) is 0 Å². The Hall–Kier alpha value is -0.770. The van der Waals surface area contributed by atoms with Gasteiger partial charge in [-0.3, -0.25) is 4.79 Å². The molecule has 0 aliphatic heterocycles. The van der Waals surface area contributed by atoms with E-state index in [1.54, 1.807) is 37.3 Å². The zero-order valence-electron chi connectivity index (χ0n) is 8.90. The van der Waals surface area contributed by atoms with E-state index in [4.69, 9.17) is 0 Å². The van der Waals surface area contributed by atoms with Crippen LogP contribution in [-0.2, 0) is 9.53 Å². The Morgan fingerprint density at radius 3 is 2.40 bits per heavy atom. The molecule has 0 N–H and O–H groups in total. The Labute approximate surface area is 111 Å². The van der Waals surface area contributed by atoms with Gasteiger partial charge in [0.05, 0.1) is 6.61 Å². The number of carbonyl (C=O) groups is 2. The maximum absolute atomic E-state index is 11.4. The van der Waals surface area contributed by atoms with Crippen molar-refractivity contribution in [1.29, 1.82) is 0 Å². The zero-order valence-corrected chi connectivity index (χ0v) is 10.9. The number of esters is 1. The van der Waals surface area contributed by atoms with Crippen molar-refractivity contribution >= 4 is 11.8 Å². The molecule has 0 aliphatic carbocycles. The number of hydrogen-bond acceptors (Lipinski definition) is 3. The summed E-state index contributed by atoms with van der Waals surface area (Å²) in [6.07, 6.45) is 0.957. The molecule has 0 amide bonds. The van der Waals surface area contributed by atoms with E-state index in [1.165, 1.54) is 0 Å². The van der Waals surface area contributed by atoms with Crippen LogP contribution in [0.1, 0.15) is 17.3 Å². The van der Waals surface area contributed by atoms with Gasteiger partial charge in [-0.25, -0.2) is 0 Å². The Morgan fingerprint density at radius 2 is 1.87 bits per heavy atom. The third-order valence-electron chi connectivity index (χ3n) is 1.59. The van der Waals surface area contributed by atoms with E-state index in [0.717, 1.165) is 6.42 Å². The summed E-state index contributed by atoms with van der Waals surface area (Å²) < 4.78 is 4.62. The number of Topliss-reactive ketones (excluding diaryl/α,β-unsaturated/α-hetero) is 1. The van der Waals surface area contributed by atoms with Gasteiger partial charge in [-0.2, -0.15) is 0 Å². The van der Waals surface area contributed by atoms with Crippen molar-refractivity contribution in [3.63, 3.8) is 0 Å². The van der Waals surface area contributed by atoms with Gasteiger partial charge in [0.25, 0.3) is 5.97 Å². The average Bonchev–Trinajstić information content (AvgIpc) is 2.19. The van der Waals surface area contributed by atoms with Crippen molar-refractivity contribution < 1.29 is 43.9 Å². The maximum Gasteiger partial charge on any atom is 1.00 e. The Kier molecular flexibility index (Phi) is 7.13. The molecule has 1 aromatic rings. The van der Waals surface area contributed by atoms with Crippen LogP contribution in [0, 0.1) is 6.42 Å². The van der Waals surface area contributed by atoms with Crippen LogP contribution < -0.4 is 29.6 Å². The summed E-state index contributed by atoms with van der Waals surface area (Å²) in [7, 11) is 0. The fourth-order valence-electron chi connectivity index (χ4n) is 0.977. The molecule has 0 atom stereocenters. The largest absolute Gasteiger partial charge is 1.00 e. The van der Waals surface area contributed by atoms with Gasteiger partial charge in [0, 0.05) is 5.78 Å². The molecule has 0 fully saturated rings. The second-order valence-corrected chi connectivity index (χ2v) is 2.63. The molecule has 15 heavy (non-hydrogen) atoms. The Bertz CT molecular complexity index is 322. The standard InChI is InChI=1S/C11H11O3.Na/c1-2-14-11(13)8-10(12)9-6-4-3-5-7-9;/h3-8H,2H2,1H3;/q-1;+1. The molecule has 0 bridgehead atoms. The van der Waals surface area contributed by atoms with E-state index < -0.39 is 5.97 Å². The third kappa shape index (κ3) is 5.02. The summed E-state index contributed by atoms with van der Waals surface area (Å²) in [4.78, 5) is 22.3. The van der Waals surface area contributed by atoms with Crippen molar-refractivity contribution in [2.45, 2.75) is 6.92 Å². The summed E-state index contributed by atoms with van der Waals surface area (Å²) >= 11 is 0. The van der Waals surface area contributed by atoms with Gasteiger partial charge in [-0.05, 0) is 6.92 Å². The van der Waals surface area contributed by atoms with Gasteiger partial charge < -0.3 is 9.53 Å². The molecule has 74 valence electrons. The predicted octanol–water partition coefficient (Wildman–Crippen LogP) is -1.36. The molecule has 0 aromatic heterocycles. The molecule has 4 heteroatoms.